The van der Waals surface area contributed by atoms with Gasteiger partial charge in [-0.2, -0.15) is 0 Å². The van der Waals surface area contributed by atoms with Crippen molar-refractivity contribution in [3.05, 3.63) is 0 Å². The van der Waals surface area contributed by atoms with E-state index in [0.29, 0.717) is 13.2 Å². The zero-order valence-corrected chi connectivity index (χ0v) is 14.3. The molecule has 21 heavy (non-hydrogen) atoms. The molecule has 0 unspecified atom stereocenters. The normalized spacial score (nSPS) is 17.8. The average Bonchev–Trinajstić information content (AvgIpc) is 2.57. The van der Waals surface area contributed by atoms with E-state index >= 15 is 0 Å². The molecule has 0 saturated carbocycles. The zero-order valence-electron chi connectivity index (χ0n) is 12.0. The maximum Gasteiger partial charge on any atom is 0.261 e. The van der Waals surface area contributed by atoms with Crippen LogP contribution in [0.4, 0.5) is 0 Å². The van der Waals surface area contributed by atoms with Gasteiger partial charge in [-0.1, -0.05) is 0 Å². The largest absolute Gasteiger partial charge is 0.381 e. The number of carbonyl (C=O) groups is 2. The Bertz CT molecular complexity index is 271. The van der Waals surface area contributed by atoms with E-state index in [-0.39, 0.29) is 17.7 Å². The van der Waals surface area contributed by atoms with Gasteiger partial charge in [0.15, 0.2) is 0 Å². The summed E-state index contributed by atoms with van der Waals surface area (Å²) < 4.78 is 5.07. The summed E-state index contributed by atoms with van der Waals surface area (Å²) in [6, 6.07) is 0. The van der Waals surface area contributed by atoms with Crippen LogP contribution < -0.4 is 0 Å². The van der Waals surface area contributed by atoms with Gasteiger partial charge in [-0.3, -0.25) is 14.4 Å². The molecule has 8 heteroatoms. The summed E-state index contributed by atoms with van der Waals surface area (Å²) in [6.45, 7) is 3.33. The van der Waals surface area contributed by atoms with Gasteiger partial charge in [-0.25, -0.2) is 5.06 Å². The minimum absolute atomic E-state index is 0.0139. The number of halogens is 3. The Kier molecular flexibility index (Phi) is 14.8. The molecule has 0 aromatic carbocycles. The maximum atomic E-state index is 10.8. The molecule has 0 aromatic rings. The molecule has 2 heterocycles. The highest BCUT2D eigenvalue weighted by atomic mass is 35.5. The lowest BCUT2D eigenvalue weighted by atomic mass is 10.2. The van der Waals surface area contributed by atoms with Crippen LogP contribution in [0.1, 0.15) is 32.1 Å². The van der Waals surface area contributed by atoms with Crippen molar-refractivity contribution in [1.82, 2.24) is 5.06 Å². The number of carbonyl (C=O) groups excluding carboxylic acids is 2. The lowest BCUT2D eigenvalue weighted by Crippen LogP contribution is -2.36. The molecule has 0 N–H and O–H groups in total. The topological polar surface area (TPSA) is 55.8 Å². The zero-order chi connectivity index (χ0) is 15.9. The molecule has 1 amide bonds. The molecule has 0 radical (unpaired) electrons. The van der Waals surface area contributed by atoms with E-state index in [2.05, 4.69) is 0 Å². The summed E-state index contributed by atoms with van der Waals surface area (Å²) in [4.78, 5) is 25.3. The number of hydrogen-bond donors (Lipinski definition) is 0. The van der Waals surface area contributed by atoms with E-state index in [1.807, 2.05) is 0 Å². The van der Waals surface area contributed by atoms with E-state index < -0.39 is 5.24 Å². The van der Waals surface area contributed by atoms with Crippen LogP contribution in [0.5, 0.6) is 0 Å². The van der Waals surface area contributed by atoms with Gasteiger partial charge in [0.25, 0.3) is 5.91 Å². The van der Waals surface area contributed by atoms with Gasteiger partial charge in [0, 0.05) is 19.8 Å². The van der Waals surface area contributed by atoms with E-state index in [9.17, 15) is 9.59 Å². The molecule has 2 fully saturated rings. The summed E-state index contributed by atoms with van der Waals surface area (Å²) in [7, 11) is 0. The SMILES string of the molecule is C1CCOCC1.O=C(CCl)N1CCCCO1.O=C(Cl)CCl. The van der Waals surface area contributed by atoms with Gasteiger partial charge in [0.05, 0.1) is 12.5 Å². The Morgan fingerprint density at radius 1 is 0.905 bits per heavy atom. The van der Waals surface area contributed by atoms with E-state index in [1.54, 1.807) is 0 Å². The highest BCUT2D eigenvalue weighted by Crippen LogP contribution is 2.06. The molecule has 0 aliphatic carbocycles. The van der Waals surface area contributed by atoms with Gasteiger partial charge in [-0.15, -0.1) is 23.2 Å². The fourth-order valence-corrected chi connectivity index (χ4v) is 1.68. The molecule has 0 atom stereocenters. The van der Waals surface area contributed by atoms with Gasteiger partial charge in [0.1, 0.15) is 5.88 Å². The van der Waals surface area contributed by atoms with Gasteiger partial charge in [0.2, 0.25) is 5.24 Å². The van der Waals surface area contributed by atoms with Crippen LogP contribution in [0.25, 0.3) is 0 Å². The molecular formula is C13H22Cl3NO4. The van der Waals surface area contributed by atoms with Crippen LogP contribution in [0.3, 0.4) is 0 Å². The lowest BCUT2D eigenvalue weighted by molar-refractivity contribution is -0.194. The van der Waals surface area contributed by atoms with Crippen molar-refractivity contribution in [1.29, 1.82) is 0 Å². The van der Waals surface area contributed by atoms with Crippen molar-refractivity contribution in [2.24, 2.45) is 0 Å². The molecule has 0 bridgehead atoms. The smallest absolute Gasteiger partial charge is 0.261 e. The molecule has 5 nitrogen and oxygen atoms in total. The van der Waals surface area contributed by atoms with Crippen LogP contribution >= 0.6 is 34.8 Å². The molecule has 2 saturated heterocycles. The fraction of sp³-hybridized carbons (Fsp3) is 0.846. The van der Waals surface area contributed by atoms with E-state index in [4.69, 9.17) is 44.4 Å². The minimum Gasteiger partial charge on any atom is -0.381 e. The van der Waals surface area contributed by atoms with Crippen LogP contribution in [-0.4, -0.2) is 54.3 Å². The minimum atomic E-state index is -0.508. The quantitative estimate of drug-likeness (QED) is 0.560. The second kappa shape index (κ2) is 14.9. The Morgan fingerprint density at radius 2 is 1.48 bits per heavy atom. The van der Waals surface area contributed by atoms with Crippen molar-refractivity contribution in [3.8, 4) is 0 Å². The lowest BCUT2D eigenvalue weighted by Gasteiger charge is -2.24. The number of hydrogen-bond acceptors (Lipinski definition) is 4. The molecule has 124 valence electrons. The standard InChI is InChI=1S/C6H10ClNO2.C5H10O.C2H2Cl2O/c7-5-6(9)8-3-1-2-4-10-8;1-2-4-6-5-3-1;3-1-2(4)5/h1-5H2;1-5H2;1H2. The summed E-state index contributed by atoms with van der Waals surface area (Å²) in [5.74, 6) is -0.219. The first-order chi connectivity index (χ1) is 10.1. The summed E-state index contributed by atoms with van der Waals surface area (Å²) in [6.07, 6.45) is 5.98. The van der Waals surface area contributed by atoms with Crippen molar-refractivity contribution in [2.75, 3.05) is 38.1 Å². The first-order valence-electron chi connectivity index (χ1n) is 6.93. The molecule has 2 aliphatic heterocycles. The van der Waals surface area contributed by atoms with Crippen molar-refractivity contribution in [3.63, 3.8) is 0 Å². The molecular weight excluding hydrogens is 341 g/mol. The average molecular weight is 363 g/mol. The van der Waals surface area contributed by atoms with Crippen molar-refractivity contribution in [2.45, 2.75) is 32.1 Å². The molecule has 2 rings (SSSR count). The second-order valence-corrected chi connectivity index (χ2v) is 5.29. The number of nitrogens with zero attached hydrogens (tertiary/aromatic N) is 1. The Morgan fingerprint density at radius 3 is 1.76 bits per heavy atom. The van der Waals surface area contributed by atoms with E-state index in [1.165, 1.54) is 24.3 Å². The third kappa shape index (κ3) is 13.3. The highest BCUT2D eigenvalue weighted by Gasteiger charge is 2.15. The van der Waals surface area contributed by atoms with Crippen LogP contribution in [-0.2, 0) is 19.2 Å². The molecule has 0 aromatic heterocycles. The predicted molar refractivity (Wildman–Crippen MR) is 83.9 cm³/mol. The summed E-state index contributed by atoms with van der Waals surface area (Å²) in [5.41, 5.74) is 0. The Labute approximate surface area is 140 Å². The third-order valence-electron chi connectivity index (χ3n) is 2.58. The monoisotopic (exact) mass is 361 g/mol. The number of rotatable bonds is 2. The Hall–Kier alpha value is -0.0700. The van der Waals surface area contributed by atoms with E-state index in [0.717, 1.165) is 26.1 Å². The first kappa shape index (κ1) is 20.9. The van der Waals surface area contributed by atoms with Crippen LogP contribution in [0.15, 0.2) is 0 Å². The first-order valence-corrected chi connectivity index (χ1v) is 8.37. The summed E-state index contributed by atoms with van der Waals surface area (Å²) in [5, 5.41) is 0.836. The van der Waals surface area contributed by atoms with Gasteiger partial charge < -0.3 is 4.74 Å². The number of alkyl halides is 2. The Balaban J connectivity index is 0.000000312. The van der Waals surface area contributed by atoms with Crippen LogP contribution in [0.2, 0.25) is 0 Å². The molecule has 2 aliphatic rings. The number of ether oxygens (including phenoxy) is 1. The van der Waals surface area contributed by atoms with Gasteiger partial charge in [-0.05, 0) is 43.7 Å². The maximum absolute atomic E-state index is 10.8. The molecule has 0 spiro atoms. The van der Waals surface area contributed by atoms with Crippen LogP contribution in [0, 0.1) is 0 Å². The van der Waals surface area contributed by atoms with Crippen molar-refractivity contribution >= 4 is 46.0 Å². The summed E-state index contributed by atoms with van der Waals surface area (Å²) >= 11 is 14.9. The third-order valence-corrected chi connectivity index (χ3v) is 3.32. The van der Waals surface area contributed by atoms with Crippen molar-refractivity contribution < 1.29 is 19.2 Å². The highest BCUT2D eigenvalue weighted by molar-refractivity contribution is 6.67. The number of amides is 1. The predicted octanol–water partition coefficient (Wildman–Crippen LogP) is 2.96. The van der Waals surface area contributed by atoms with Gasteiger partial charge >= 0.3 is 0 Å². The second-order valence-electron chi connectivity index (χ2n) is 4.33. The fourth-order valence-electron chi connectivity index (χ4n) is 1.55. The number of hydroxylamine groups is 2.